The highest BCUT2D eigenvalue weighted by Crippen LogP contribution is 2.39. The fourth-order valence-electron chi connectivity index (χ4n) is 3.68. The molecule has 31 heavy (non-hydrogen) atoms. The molecular formula is C22H20N2O6S. The summed E-state index contributed by atoms with van der Waals surface area (Å²) in [6.45, 7) is 1.98. The standard InChI is InChI=1S/C22H20N2O6S/c1-2-29-22(26)19-14-8-4-6-10-18(14)31-21(19)23-20(25)17-12-11-16(30-17)13-7-3-5-9-15(13)24(27)28/h3,5,7,9,11-12H,2,4,6,8,10H2,1H3,(H,23,25). The number of thiophene rings is 1. The summed E-state index contributed by atoms with van der Waals surface area (Å²) in [5, 5.41) is 14.5. The summed E-state index contributed by atoms with van der Waals surface area (Å²) in [6, 6.07) is 9.13. The minimum absolute atomic E-state index is 0.00525. The lowest BCUT2D eigenvalue weighted by molar-refractivity contribution is -0.384. The first-order chi connectivity index (χ1) is 15.0. The van der Waals surface area contributed by atoms with Gasteiger partial charge in [0.05, 0.1) is 22.7 Å². The van der Waals surface area contributed by atoms with Crippen molar-refractivity contribution in [3.8, 4) is 11.3 Å². The molecule has 1 N–H and O–H groups in total. The SMILES string of the molecule is CCOC(=O)c1c(NC(=O)c2ccc(-c3ccccc3[N+](=O)[O-])o2)sc2c1CCCC2. The Labute approximate surface area is 182 Å². The first kappa shape index (κ1) is 20.8. The van der Waals surface area contributed by atoms with Crippen molar-refractivity contribution in [2.75, 3.05) is 11.9 Å². The van der Waals surface area contributed by atoms with Gasteiger partial charge in [0, 0.05) is 10.9 Å². The number of nitrogens with zero attached hydrogens (tertiary/aromatic N) is 1. The summed E-state index contributed by atoms with van der Waals surface area (Å²) in [4.78, 5) is 37.2. The molecule has 0 fully saturated rings. The molecule has 3 aromatic rings. The molecule has 0 atom stereocenters. The largest absolute Gasteiger partial charge is 0.462 e. The van der Waals surface area contributed by atoms with Gasteiger partial charge in [-0.3, -0.25) is 14.9 Å². The Balaban J connectivity index is 1.62. The number of carbonyl (C=O) groups excluding carboxylic acids is 2. The topological polar surface area (TPSA) is 112 Å². The van der Waals surface area contributed by atoms with Crippen molar-refractivity contribution in [3.63, 3.8) is 0 Å². The van der Waals surface area contributed by atoms with E-state index in [4.69, 9.17) is 9.15 Å². The van der Waals surface area contributed by atoms with Crippen LogP contribution in [0.4, 0.5) is 10.7 Å². The van der Waals surface area contributed by atoms with Crippen LogP contribution in [-0.2, 0) is 17.6 Å². The van der Waals surface area contributed by atoms with Crippen molar-refractivity contribution in [2.45, 2.75) is 32.6 Å². The number of aryl methyl sites for hydroxylation is 1. The number of para-hydroxylation sites is 1. The number of esters is 1. The van der Waals surface area contributed by atoms with Crippen molar-refractivity contribution in [1.82, 2.24) is 0 Å². The number of fused-ring (bicyclic) bond motifs is 1. The van der Waals surface area contributed by atoms with Crippen LogP contribution in [-0.4, -0.2) is 23.4 Å². The van der Waals surface area contributed by atoms with Crippen molar-refractivity contribution < 1.29 is 23.7 Å². The second-order valence-electron chi connectivity index (χ2n) is 7.03. The van der Waals surface area contributed by atoms with Gasteiger partial charge >= 0.3 is 5.97 Å². The van der Waals surface area contributed by atoms with Gasteiger partial charge in [-0.1, -0.05) is 12.1 Å². The molecule has 4 rings (SSSR count). The highest BCUT2D eigenvalue weighted by atomic mass is 32.1. The zero-order valence-electron chi connectivity index (χ0n) is 16.8. The number of hydrogen-bond acceptors (Lipinski definition) is 7. The second-order valence-corrected chi connectivity index (χ2v) is 8.13. The van der Waals surface area contributed by atoms with Gasteiger partial charge in [-0.2, -0.15) is 0 Å². The van der Waals surface area contributed by atoms with Gasteiger partial charge in [0.15, 0.2) is 5.76 Å². The summed E-state index contributed by atoms with van der Waals surface area (Å²) in [7, 11) is 0. The minimum atomic E-state index is -0.533. The molecule has 2 aromatic heterocycles. The maximum atomic E-state index is 12.8. The van der Waals surface area contributed by atoms with E-state index in [2.05, 4.69) is 5.32 Å². The van der Waals surface area contributed by atoms with Gasteiger partial charge < -0.3 is 14.5 Å². The van der Waals surface area contributed by atoms with Crippen LogP contribution >= 0.6 is 11.3 Å². The lowest BCUT2D eigenvalue weighted by Crippen LogP contribution is -2.15. The van der Waals surface area contributed by atoms with E-state index >= 15 is 0 Å². The van der Waals surface area contributed by atoms with Crippen LogP contribution in [0.1, 0.15) is 51.1 Å². The van der Waals surface area contributed by atoms with E-state index in [0.29, 0.717) is 10.6 Å². The number of benzene rings is 1. The van der Waals surface area contributed by atoms with Gasteiger partial charge in [0.25, 0.3) is 11.6 Å². The van der Waals surface area contributed by atoms with E-state index in [1.54, 1.807) is 25.1 Å². The van der Waals surface area contributed by atoms with Crippen molar-refractivity contribution >= 4 is 33.9 Å². The number of amides is 1. The number of anilines is 1. The number of furan rings is 1. The van der Waals surface area contributed by atoms with E-state index in [1.807, 2.05) is 0 Å². The molecule has 0 unspecified atom stereocenters. The Morgan fingerprint density at radius 2 is 1.97 bits per heavy atom. The monoisotopic (exact) mass is 440 g/mol. The van der Waals surface area contributed by atoms with Crippen LogP contribution < -0.4 is 5.32 Å². The molecule has 1 amide bonds. The molecule has 0 saturated carbocycles. The molecular weight excluding hydrogens is 420 g/mol. The third kappa shape index (κ3) is 4.09. The normalized spacial score (nSPS) is 12.8. The first-order valence-electron chi connectivity index (χ1n) is 9.96. The predicted molar refractivity (Wildman–Crippen MR) is 116 cm³/mol. The highest BCUT2D eigenvalue weighted by Gasteiger charge is 2.28. The molecule has 160 valence electrons. The average molecular weight is 440 g/mol. The molecule has 0 spiro atoms. The van der Waals surface area contributed by atoms with Gasteiger partial charge in [0.2, 0.25) is 0 Å². The molecule has 2 heterocycles. The number of carbonyl (C=O) groups is 2. The Morgan fingerprint density at radius 1 is 1.19 bits per heavy atom. The fourth-order valence-corrected chi connectivity index (χ4v) is 4.96. The van der Waals surface area contributed by atoms with Gasteiger partial charge in [-0.15, -0.1) is 11.3 Å². The van der Waals surface area contributed by atoms with Crippen LogP contribution in [0, 0.1) is 10.1 Å². The molecule has 0 radical (unpaired) electrons. The van der Waals surface area contributed by atoms with Crippen LogP contribution in [0.15, 0.2) is 40.8 Å². The molecule has 0 bridgehead atoms. The number of rotatable bonds is 6. The zero-order chi connectivity index (χ0) is 22.0. The predicted octanol–water partition coefficient (Wildman–Crippen LogP) is 5.22. The Bertz CT molecular complexity index is 1160. The molecule has 1 aliphatic rings. The molecule has 0 aliphatic heterocycles. The number of nitro groups is 1. The lowest BCUT2D eigenvalue weighted by atomic mass is 9.95. The van der Waals surface area contributed by atoms with Crippen molar-refractivity contribution in [1.29, 1.82) is 0 Å². The zero-order valence-corrected chi connectivity index (χ0v) is 17.6. The molecule has 9 heteroatoms. The lowest BCUT2D eigenvalue weighted by Gasteiger charge is -2.12. The quantitative estimate of drug-likeness (QED) is 0.319. The number of nitro benzene ring substituents is 1. The second kappa shape index (κ2) is 8.73. The summed E-state index contributed by atoms with van der Waals surface area (Å²) in [6.07, 6.45) is 3.67. The minimum Gasteiger partial charge on any atom is -0.462 e. The van der Waals surface area contributed by atoms with E-state index in [9.17, 15) is 19.7 Å². The number of nitrogens with one attached hydrogen (secondary N) is 1. The maximum absolute atomic E-state index is 12.8. The van der Waals surface area contributed by atoms with Gasteiger partial charge in [-0.05, 0) is 56.4 Å². The Morgan fingerprint density at radius 3 is 2.74 bits per heavy atom. The molecule has 0 saturated heterocycles. The van der Waals surface area contributed by atoms with E-state index in [0.717, 1.165) is 36.1 Å². The van der Waals surface area contributed by atoms with Crippen LogP contribution in [0.3, 0.4) is 0 Å². The van der Waals surface area contributed by atoms with E-state index in [-0.39, 0.29) is 29.4 Å². The number of hydrogen-bond donors (Lipinski definition) is 1. The fraction of sp³-hybridized carbons (Fsp3) is 0.273. The molecule has 1 aromatic carbocycles. The van der Waals surface area contributed by atoms with Crippen LogP contribution in [0.5, 0.6) is 0 Å². The van der Waals surface area contributed by atoms with Crippen molar-refractivity contribution in [3.05, 3.63) is 68.3 Å². The summed E-state index contributed by atoms with van der Waals surface area (Å²) in [5.41, 5.74) is 1.54. The average Bonchev–Trinajstić information content (AvgIpc) is 3.38. The third-order valence-electron chi connectivity index (χ3n) is 5.07. The van der Waals surface area contributed by atoms with Crippen LogP contribution in [0.25, 0.3) is 11.3 Å². The Kier molecular flexibility index (Phi) is 5.85. The van der Waals surface area contributed by atoms with E-state index in [1.165, 1.54) is 29.5 Å². The molecule has 8 nitrogen and oxygen atoms in total. The van der Waals surface area contributed by atoms with Crippen molar-refractivity contribution in [2.24, 2.45) is 0 Å². The maximum Gasteiger partial charge on any atom is 0.341 e. The van der Waals surface area contributed by atoms with Crippen LogP contribution in [0.2, 0.25) is 0 Å². The summed E-state index contributed by atoms with van der Waals surface area (Å²) >= 11 is 1.38. The summed E-state index contributed by atoms with van der Waals surface area (Å²) in [5.74, 6) is -0.769. The van der Waals surface area contributed by atoms with Gasteiger partial charge in [0.1, 0.15) is 10.8 Å². The first-order valence-corrected chi connectivity index (χ1v) is 10.8. The smallest absolute Gasteiger partial charge is 0.341 e. The third-order valence-corrected chi connectivity index (χ3v) is 6.28. The van der Waals surface area contributed by atoms with E-state index < -0.39 is 16.8 Å². The number of ether oxygens (including phenoxy) is 1. The van der Waals surface area contributed by atoms with Gasteiger partial charge in [-0.25, -0.2) is 4.79 Å². The Hall–Kier alpha value is -3.46. The molecule has 1 aliphatic carbocycles. The highest BCUT2D eigenvalue weighted by molar-refractivity contribution is 7.17. The summed E-state index contributed by atoms with van der Waals surface area (Å²) < 4.78 is 10.8.